The molecule has 0 unspecified atom stereocenters. The highest BCUT2D eigenvalue weighted by atomic mass is 32.2. The third-order valence-electron chi connectivity index (χ3n) is 2.67. The SMILES string of the molecule is CCCOc1cc(NC2CCSCC2)ncn1. The maximum absolute atomic E-state index is 5.49. The van der Waals surface area contributed by atoms with E-state index in [0.717, 1.165) is 12.2 Å². The first-order chi connectivity index (χ1) is 8.38. The molecule has 0 bridgehead atoms. The molecule has 0 aliphatic carbocycles. The van der Waals surface area contributed by atoms with Gasteiger partial charge in [0.2, 0.25) is 5.88 Å². The number of hydrogen-bond donors (Lipinski definition) is 1. The van der Waals surface area contributed by atoms with Crippen molar-refractivity contribution in [2.45, 2.75) is 32.2 Å². The molecule has 2 heterocycles. The van der Waals surface area contributed by atoms with Gasteiger partial charge in [0, 0.05) is 12.1 Å². The molecule has 0 radical (unpaired) electrons. The summed E-state index contributed by atoms with van der Waals surface area (Å²) in [7, 11) is 0. The molecule has 5 heteroatoms. The lowest BCUT2D eigenvalue weighted by Gasteiger charge is -2.22. The summed E-state index contributed by atoms with van der Waals surface area (Å²) in [5, 5.41) is 3.45. The first-order valence-corrected chi connectivity index (χ1v) is 7.33. The van der Waals surface area contributed by atoms with Crippen molar-refractivity contribution in [3.63, 3.8) is 0 Å². The second kappa shape index (κ2) is 6.69. The highest BCUT2D eigenvalue weighted by Gasteiger charge is 2.13. The van der Waals surface area contributed by atoms with Crippen molar-refractivity contribution in [1.29, 1.82) is 0 Å². The van der Waals surface area contributed by atoms with Gasteiger partial charge in [0.25, 0.3) is 0 Å². The lowest BCUT2D eigenvalue weighted by Crippen LogP contribution is -2.25. The largest absolute Gasteiger partial charge is 0.478 e. The Balaban J connectivity index is 1.90. The topological polar surface area (TPSA) is 47.0 Å². The van der Waals surface area contributed by atoms with Crippen molar-refractivity contribution >= 4 is 17.6 Å². The quantitative estimate of drug-likeness (QED) is 0.874. The molecule has 2 rings (SSSR count). The molecule has 0 spiro atoms. The average Bonchev–Trinajstić information content (AvgIpc) is 2.38. The Labute approximate surface area is 107 Å². The van der Waals surface area contributed by atoms with Crippen LogP contribution in [0.25, 0.3) is 0 Å². The van der Waals surface area contributed by atoms with Gasteiger partial charge in [-0.3, -0.25) is 0 Å². The molecule has 1 aliphatic heterocycles. The van der Waals surface area contributed by atoms with E-state index in [1.54, 1.807) is 6.33 Å². The minimum Gasteiger partial charge on any atom is -0.478 e. The van der Waals surface area contributed by atoms with Gasteiger partial charge in [-0.25, -0.2) is 9.97 Å². The van der Waals surface area contributed by atoms with Crippen molar-refractivity contribution in [2.24, 2.45) is 0 Å². The van der Waals surface area contributed by atoms with Crippen LogP contribution in [0.5, 0.6) is 5.88 Å². The number of nitrogens with zero attached hydrogens (tertiary/aromatic N) is 2. The first-order valence-electron chi connectivity index (χ1n) is 6.17. The van der Waals surface area contributed by atoms with Crippen molar-refractivity contribution in [1.82, 2.24) is 9.97 Å². The fourth-order valence-corrected chi connectivity index (χ4v) is 2.86. The van der Waals surface area contributed by atoms with Crippen LogP contribution in [0.2, 0.25) is 0 Å². The summed E-state index contributed by atoms with van der Waals surface area (Å²) in [6.45, 7) is 2.79. The molecule has 0 atom stereocenters. The van der Waals surface area contributed by atoms with Crippen LogP contribution in [0.15, 0.2) is 12.4 Å². The van der Waals surface area contributed by atoms with Crippen LogP contribution in [0.1, 0.15) is 26.2 Å². The number of aromatic nitrogens is 2. The fourth-order valence-electron chi connectivity index (χ4n) is 1.76. The van der Waals surface area contributed by atoms with Gasteiger partial charge in [-0.1, -0.05) is 6.92 Å². The second-order valence-electron chi connectivity index (χ2n) is 4.12. The van der Waals surface area contributed by atoms with Crippen molar-refractivity contribution in [2.75, 3.05) is 23.4 Å². The molecular formula is C12H19N3OS. The van der Waals surface area contributed by atoms with E-state index in [4.69, 9.17) is 4.74 Å². The number of hydrogen-bond acceptors (Lipinski definition) is 5. The van der Waals surface area contributed by atoms with E-state index in [1.807, 2.05) is 17.8 Å². The number of anilines is 1. The van der Waals surface area contributed by atoms with E-state index in [9.17, 15) is 0 Å². The molecule has 1 saturated heterocycles. The molecule has 0 amide bonds. The number of ether oxygens (including phenoxy) is 1. The minimum absolute atomic E-state index is 0.546. The Morgan fingerprint density at radius 3 is 3.00 bits per heavy atom. The fraction of sp³-hybridized carbons (Fsp3) is 0.667. The summed E-state index contributed by atoms with van der Waals surface area (Å²) in [6, 6.07) is 2.43. The predicted molar refractivity (Wildman–Crippen MR) is 71.8 cm³/mol. The van der Waals surface area contributed by atoms with E-state index in [0.29, 0.717) is 18.5 Å². The maximum atomic E-state index is 5.49. The Hall–Kier alpha value is -0.970. The van der Waals surface area contributed by atoms with Gasteiger partial charge >= 0.3 is 0 Å². The van der Waals surface area contributed by atoms with E-state index < -0.39 is 0 Å². The summed E-state index contributed by atoms with van der Waals surface area (Å²) in [4.78, 5) is 8.33. The highest BCUT2D eigenvalue weighted by molar-refractivity contribution is 7.99. The summed E-state index contributed by atoms with van der Waals surface area (Å²) in [6.07, 6.45) is 4.97. The lowest BCUT2D eigenvalue weighted by atomic mass is 10.1. The van der Waals surface area contributed by atoms with Crippen LogP contribution in [-0.2, 0) is 0 Å². The van der Waals surface area contributed by atoms with Gasteiger partial charge in [-0.15, -0.1) is 0 Å². The molecule has 94 valence electrons. The van der Waals surface area contributed by atoms with E-state index in [2.05, 4.69) is 22.2 Å². The Morgan fingerprint density at radius 2 is 2.24 bits per heavy atom. The monoisotopic (exact) mass is 253 g/mol. The first kappa shape index (κ1) is 12.5. The Morgan fingerprint density at radius 1 is 1.41 bits per heavy atom. The number of rotatable bonds is 5. The van der Waals surface area contributed by atoms with Gasteiger partial charge in [-0.05, 0) is 30.8 Å². The summed E-state index contributed by atoms with van der Waals surface area (Å²) >= 11 is 2.03. The zero-order valence-electron chi connectivity index (χ0n) is 10.2. The summed E-state index contributed by atoms with van der Waals surface area (Å²) in [5.74, 6) is 4.02. The van der Waals surface area contributed by atoms with E-state index in [1.165, 1.54) is 24.3 Å². The minimum atomic E-state index is 0.546. The Kier molecular flexibility index (Phi) is 4.91. The number of nitrogens with one attached hydrogen (secondary N) is 1. The third-order valence-corrected chi connectivity index (χ3v) is 3.72. The zero-order valence-corrected chi connectivity index (χ0v) is 11.0. The van der Waals surface area contributed by atoms with Gasteiger partial charge in [-0.2, -0.15) is 11.8 Å². The van der Waals surface area contributed by atoms with Crippen LogP contribution in [0.4, 0.5) is 5.82 Å². The van der Waals surface area contributed by atoms with Gasteiger partial charge in [0.05, 0.1) is 6.61 Å². The van der Waals surface area contributed by atoms with Gasteiger partial charge < -0.3 is 10.1 Å². The normalized spacial score (nSPS) is 16.8. The van der Waals surface area contributed by atoms with Crippen molar-refractivity contribution in [3.05, 3.63) is 12.4 Å². The number of thioether (sulfide) groups is 1. The van der Waals surface area contributed by atoms with Crippen molar-refractivity contribution in [3.8, 4) is 5.88 Å². The van der Waals surface area contributed by atoms with Crippen LogP contribution >= 0.6 is 11.8 Å². The molecule has 17 heavy (non-hydrogen) atoms. The van der Waals surface area contributed by atoms with Crippen LogP contribution in [0, 0.1) is 0 Å². The molecule has 1 aromatic rings. The van der Waals surface area contributed by atoms with Crippen LogP contribution in [0.3, 0.4) is 0 Å². The Bertz CT molecular complexity index is 342. The molecule has 4 nitrogen and oxygen atoms in total. The predicted octanol–water partition coefficient (Wildman–Crippen LogP) is 2.57. The standard InChI is InChI=1S/C12H19N3OS/c1-2-5-16-12-8-11(13-9-14-12)15-10-3-6-17-7-4-10/h8-10H,2-7H2,1H3,(H,13,14,15). The average molecular weight is 253 g/mol. The van der Waals surface area contributed by atoms with Gasteiger partial charge in [0.1, 0.15) is 12.1 Å². The van der Waals surface area contributed by atoms with Crippen molar-refractivity contribution < 1.29 is 4.74 Å². The zero-order chi connectivity index (χ0) is 11.9. The summed E-state index contributed by atoms with van der Waals surface area (Å²) in [5.41, 5.74) is 0. The van der Waals surface area contributed by atoms with Crippen LogP contribution in [-0.4, -0.2) is 34.1 Å². The maximum Gasteiger partial charge on any atom is 0.218 e. The molecule has 1 aromatic heterocycles. The molecule has 1 N–H and O–H groups in total. The van der Waals surface area contributed by atoms with Gasteiger partial charge in [0.15, 0.2) is 0 Å². The lowest BCUT2D eigenvalue weighted by molar-refractivity contribution is 0.305. The molecule has 1 fully saturated rings. The van der Waals surface area contributed by atoms with E-state index in [-0.39, 0.29) is 0 Å². The summed E-state index contributed by atoms with van der Waals surface area (Å²) < 4.78 is 5.49. The van der Waals surface area contributed by atoms with E-state index >= 15 is 0 Å². The smallest absolute Gasteiger partial charge is 0.218 e. The molecule has 0 saturated carbocycles. The molecule has 1 aliphatic rings. The second-order valence-corrected chi connectivity index (χ2v) is 5.35. The van der Waals surface area contributed by atoms with Crippen LogP contribution < -0.4 is 10.1 Å². The highest BCUT2D eigenvalue weighted by Crippen LogP contribution is 2.21. The molecular weight excluding hydrogens is 234 g/mol. The third kappa shape index (κ3) is 4.07. The molecule has 0 aromatic carbocycles.